The topological polar surface area (TPSA) is 51.0 Å². The number of hydrogen-bond donors (Lipinski definition) is 1. The van der Waals surface area contributed by atoms with E-state index in [0.717, 1.165) is 45.6 Å². The van der Waals surface area contributed by atoms with Crippen molar-refractivity contribution in [1.29, 1.82) is 0 Å². The summed E-state index contributed by atoms with van der Waals surface area (Å²) in [5, 5.41) is 0. The molecule has 0 bridgehead atoms. The first-order chi connectivity index (χ1) is 9.51. The molecule has 4 atom stereocenters. The zero-order valence-electron chi connectivity index (χ0n) is 13.0. The fourth-order valence-electron chi connectivity index (χ4n) is 4.24. The lowest BCUT2D eigenvalue weighted by Gasteiger charge is -2.43. The molecule has 2 saturated heterocycles. The minimum Gasteiger partial charge on any atom is -0.347 e. The molecule has 3 rings (SSSR count). The van der Waals surface area contributed by atoms with Gasteiger partial charge in [-0.2, -0.15) is 0 Å². The van der Waals surface area contributed by atoms with Gasteiger partial charge in [0.2, 0.25) is 0 Å². The molecule has 1 saturated carbocycles. The first kappa shape index (κ1) is 14.7. The molecule has 5 heteroatoms. The van der Waals surface area contributed by atoms with Crippen LogP contribution in [0.1, 0.15) is 26.2 Å². The molecule has 1 spiro atoms. The molecule has 1 aliphatic carbocycles. The van der Waals surface area contributed by atoms with Crippen LogP contribution in [0.4, 0.5) is 0 Å². The minimum atomic E-state index is -0.333. The van der Waals surface area contributed by atoms with Gasteiger partial charge in [0.1, 0.15) is 0 Å². The Bertz CT molecular complexity index is 344. The number of rotatable bonds is 2. The Kier molecular flexibility index (Phi) is 4.08. The molecule has 3 fully saturated rings. The molecule has 0 aromatic rings. The summed E-state index contributed by atoms with van der Waals surface area (Å²) in [6.07, 6.45) is 2.88. The molecular formula is C15H29N3O2. The van der Waals surface area contributed by atoms with Crippen molar-refractivity contribution in [1.82, 2.24) is 9.80 Å². The molecule has 4 unspecified atom stereocenters. The summed E-state index contributed by atoms with van der Waals surface area (Å²) in [4.78, 5) is 4.92. The number of ether oxygens (including phenoxy) is 2. The lowest BCUT2D eigenvalue weighted by molar-refractivity contribution is -0.191. The smallest absolute Gasteiger partial charge is 0.170 e. The Morgan fingerprint density at radius 3 is 2.50 bits per heavy atom. The van der Waals surface area contributed by atoms with Gasteiger partial charge in [0.15, 0.2) is 5.79 Å². The molecule has 20 heavy (non-hydrogen) atoms. The Morgan fingerprint density at radius 1 is 1.20 bits per heavy atom. The van der Waals surface area contributed by atoms with Crippen LogP contribution in [0, 0.1) is 5.92 Å². The molecular weight excluding hydrogens is 254 g/mol. The van der Waals surface area contributed by atoms with E-state index >= 15 is 0 Å². The largest absolute Gasteiger partial charge is 0.347 e. The molecule has 5 nitrogen and oxygen atoms in total. The average molecular weight is 283 g/mol. The summed E-state index contributed by atoms with van der Waals surface area (Å²) >= 11 is 0. The molecule has 2 heterocycles. The molecule has 2 N–H and O–H groups in total. The van der Waals surface area contributed by atoms with Crippen molar-refractivity contribution in [2.45, 2.75) is 50.1 Å². The van der Waals surface area contributed by atoms with Crippen molar-refractivity contribution in [3.05, 3.63) is 0 Å². The molecule has 0 aromatic heterocycles. The molecule has 116 valence electrons. The van der Waals surface area contributed by atoms with Gasteiger partial charge in [0.25, 0.3) is 0 Å². The third-order valence-corrected chi connectivity index (χ3v) is 5.42. The first-order valence-electron chi connectivity index (χ1n) is 7.95. The second kappa shape index (κ2) is 5.54. The Morgan fingerprint density at radius 2 is 1.90 bits per heavy atom. The maximum atomic E-state index is 6.41. The molecule has 0 aromatic carbocycles. The fraction of sp³-hybridized carbons (Fsp3) is 1.00. The van der Waals surface area contributed by atoms with E-state index in [9.17, 15) is 0 Å². The predicted octanol–water partition coefficient (Wildman–Crippen LogP) is 0.491. The van der Waals surface area contributed by atoms with E-state index in [1.165, 1.54) is 0 Å². The van der Waals surface area contributed by atoms with Crippen molar-refractivity contribution >= 4 is 0 Å². The second-order valence-corrected chi connectivity index (χ2v) is 7.04. The van der Waals surface area contributed by atoms with E-state index < -0.39 is 0 Å². The van der Waals surface area contributed by atoms with Crippen molar-refractivity contribution in [2.75, 3.05) is 40.4 Å². The molecule has 3 aliphatic rings. The van der Waals surface area contributed by atoms with Gasteiger partial charge in [-0.1, -0.05) is 6.92 Å². The monoisotopic (exact) mass is 283 g/mol. The van der Waals surface area contributed by atoms with Gasteiger partial charge in [0, 0.05) is 44.1 Å². The first-order valence-corrected chi connectivity index (χ1v) is 7.95. The summed E-state index contributed by atoms with van der Waals surface area (Å²) < 4.78 is 11.8. The quantitative estimate of drug-likeness (QED) is 0.799. The number of nitrogens with two attached hydrogens (primary N) is 1. The van der Waals surface area contributed by atoms with Crippen LogP contribution in [0.5, 0.6) is 0 Å². The second-order valence-electron chi connectivity index (χ2n) is 7.04. The van der Waals surface area contributed by atoms with Crippen molar-refractivity contribution in [2.24, 2.45) is 11.7 Å². The highest BCUT2D eigenvalue weighted by molar-refractivity contribution is 4.99. The van der Waals surface area contributed by atoms with E-state index in [4.69, 9.17) is 15.2 Å². The number of nitrogens with zero attached hydrogens (tertiary/aromatic N) is 2. The third-order valence-electron chi connectivity index (χ3n) is 5.42. The summed E-state index contributed by atoms with van der Waals surface area (Å²) in [7, 11) is 4.35. The highest BCUT2D eigenvalue weighted by atomic mass is 16.7. The summed E-state index contributed by atoms with van der Waals surface area (Å²) in [6, 6.07) is 1.28. The SMILES string of the molecule is CC1CN(C2CC3(CCC2N)OCCO3)CC1N(C)C. The minimum absolute atomic E-state index is 0.251. The molecule has 2 aliphatic heterocycles. The van der Waals surface area contributed by atoms with Crippen LogP contribution in [0.3, 0.4) is 0 Å². The zero-order valence-corrected chi connectivity index (χ0v) is 13.0. The average Bonchev–Trinajstić information content (AvgIpc) is 3.00. The van der Waals surface area contributed by atoms with Crippen LogP contribution in [0.2, 0.25) is 0 Å². The highest BCUT2D eigenvalue weighted by Gasteiger charge is 2.47. The van der Waals surface area contributed by atoms with Crippen molar-refractivity contribution in [3.63, 3.8) is 0 Å². The van der Waals surface area contributed by atoms with Gasteiger partial charge in [-0.25, -0.2) is 0 Å². The van der Waals surface area contributed by atoms with Crippen LogP contribution in [0.25, 0.3) is 0 Å². The molecule has 0 radical (unpaired) electrons. The Hall–Kier alpha value is -0.200. The van der Waals surface area contributed by atoms with Crippen molar-refractivity contribution < 1.29 is 9.47 Å². The van der Waals surface area contributed by atoms with Gasteiger partial charge in [-0.05, 0) is 26.4 Å². The standard InChI is InChI=1S/C15H29N3O2/c1-11-9-18(10-14(11)17(2)3)13-8-15(5-4-12(13)16)19-6-7-20-15/h11-14H,4-10,16H2,1-3H3. The van der Waals surface area contributed by atoms with E-state index in [1.807, 2.05) is 0 Å². The van der Waals surface area contributed by atoms with Crippen LogP contribution in [0.15, 0.2) is 0 Å². The number of likely N-dealkylation sites (tertiary alicyclic amines) is 1. The van der Waals surface area contributed by atoms with Gasteiger partial charge in [0.05, 0.1) is 13.2 Å². The lowest BCUT2D eigenvalue weighted by atomic mass is 9.85. The highest BCUT2D eigenvalue weighted by Crippen LogP contribution is 2.38. The van der Waals surface area contributed by atoms with E-state index in [1.54, 1.807) is 0 Å². The molecule has 0 amide bonds. The predicted molar refractivity (Wildman–Crippen MR) is 78.5 cm³/mol. The van der Waals surface area contributed by atoms with Crippen LogP contribution >= 0.6 is 0 Å². The van der Waals surface area contributed by atoms with Gasteiger partial charge in [-0.3, -0.25) is 4.90 Å². The lowest BCUT2D eigenvalue weighted by Crippen LogP contribution is -2.56. The van der Waals surface area contributed by atoms with Gasteiger partial charge >= 0.3 is 0 Å². The van der Waals surface area contributed by atoms with E-state index in [0.29, 0.717) is 18.0 Å². The van der Waals surface area contributed by atoms with Gasteiger partial charge in [-0.15, -0.1) is 0 Å². The van der Waals surface area contributed by atoms with Crippen LogP contribution in [-0.2, 0) is 9.47 Å². The summed E-state index contributed by atoms with van der Waals surface area (Å²) in [6.45, 7) is 6.06. The van der Waals surface area contributed by atoms with Crippen LogP contribution < -0.4 is 5.73 Å². The summed E-state index contributed by atoms with van der Waals surface area (Å²) in [5.74, 6) is 0.362. The summed E-state index contributed by atoms with van der Waals surface area (Å²) in [5.41, 5.74) is 6.41. The van der Waals surface area contributed by atoms with Gasteiger partial charge < -0.3 is 20.1 Å². The maximum Gasteiger partial charge on any atom is 0.170 e. The number of likely N-dealkylation sites (N-methyl/N-ethyl adjacent to an activating group) is 1. The third kappa shape index (κ3) is 2.62. The van der Waals surface area contributed by atoms with E-state index in [2.05, 4.69) is 30.8 Å². The Balaban J connectivity index is 1.69. The van der Waals surface area contributed by atoms with Crippen molar-refractivity contribution in [3.8, 4) is 0 Å². The fourth-order valence-corrected chi connectivity index (χ4v) is 4.24. The van der Waals surface area contributed by atoms with E-state index in [-0.39, 0.29) is 11.8 Å². The van der Waals surface area contributed by atoms with Crippen LogP contribution in [-0.4, -0.2) is 74.1 Å². The normalized spacial score (nSPS) is 41.9. The Labute approximate surface area is 122 Å². The number of hydrogen-bond acceptors (Lipinski definition) is 5. The zero-order chi connectivity index (χ0) is 14.3. The maximum absolute atomic E-state index is 6.41.